The molecule has 2 aliphatic rings. The second-order valence-electron chi connectivity index (χ2n) is 10.8. The summed E-state index contributed by atoms with van der Waals surface area (Å²) in [7, 11) is 0. The Morgan fingerprint density at radius 3 is 1.33 bits per heavy atom. The number of hydrogen-bond donors (Lipinski definition) is 3. The Bertz CT molecular complexity index is 991. The molecule has 2 aliphatic carbocycles. The Balaban J connectivity index is 1.44. The second kappa shape index (κ2) is 8.32. The van der Waals surface area contributed by atoms with E-state index in [2.05, 4.69) is 43.6 Å². The predicted octanol–water partition coefficient (Wildman–Crippen LogP) is 4.88. The highest BCUT2D eigenvalue weighted by Crippen LogP contribution is 2.52. The Kier molecular flexibility index (Phi) is 5.81. The summed E-state index contributed by atoms with van der Waals surface area (Å²) in [6.45, 7) is 9.89. The topological polar surface area (TPSA) is 87.3 Å². The van der Waals surface area contributed by atoms with Crippen molar-refractivity contribution < 1.29 is 14.4 Å². The Morgan fingerprint density at radius 2 is 1.06 bits per heavy atom. The van der Waals surface area contributed by atoms with Gasteiger partial charge in [-0.1, -0.05) is 52.0 Å². The van der Waals surface area contributed by atoms with E-state index < -0.39 is 0 Å². The van der Waals surface area contributed by atoms with Crippen molar-refractivity contribution in [3.05, 3.63) is 59.7 Å². The maximum atomic E-state index is 12.4. The fourth-order valence-electron chi connectivity index (χ4n) is 4.37. The summed E-state index contributed by atoms with van der Waals surface area (Å²) in [6, 6.07) is 14.8. The van der Waals surface area contributed by atoms with Crippen LogP contribution in [-0.2, 0) is 14.4 Å². The van der Waals surface area contributed by atoms with E-state index in [0.29, 0.717) is 0 Å². The highest BCUT2D eigenvalue weighted by atomic mass is 16.2. The predicted molar refractivity (Wildman–Crippen MR) is 130 cm³/mol. The summed E-state index contributed by atoms with van der Waals surface area (Å²) in [4.78, 5) is 36.6. The SMILES string of the molecule is CC(=O)NC(c1ccc(NC(=O)C2CC2(C)C)cc1)c1ccc(NC(=O)C2CC2(C)C)cc1. The maximum absolute atomic E-state index is 12.4. The minimum atomic E-state index is -0.332. The lowest BCUT2D eigenvalue weighted by molar-refractivity contribution is -0.119. The van der Waals surface area contributed by atoms with E-state index in [0.717, 1.165) is 35.3 Å². The Morgan fingerprint density at radius 1 is 0.727 bits per heavy atom. The summed E-state index contributed by atoms with van der Waals surface area (Å²) < 4.78 is 0. The minimum absolute atomic E-state index is 0.0541. The number of rotatable bonds is 7. The molecule has 33 heavy (non-hydrogen) atoms. The molecular weight excluding hydrogens is 414 g/mol. The molecule has 2 fully saturated rings. The van der Waals surface area contributed by atoms with Gasteiger partial charge in [-0.2, -0.15) is 0 Å². The quantitative estimate of drug-likeness (QED) is 0.565. The van der Waals surface area contributed by atoms with Crippen LogP contribution in [0.3, 0.4) is 0 Å². The monoisotopic (exact) mass is 447 g/mol. The van der Waals surface area contributed by atoms with Gasteiger partial charge in [0.2, 0.25) is 17.7 Å². The highest BCUT2D eigenvalue weighted by Gasteiger charge is 2.51. The van der Waals surface area contributed by atoms with Gasteiger partial charge in [0, 0.05) is 30.1 Å². The number of benzene rings is 2. The Labute approximate surface area is 195 Å². The lowest BCUT2D eigenvalue weighted by Gasteiger charge is -2.20. The van der Waals surface area contributed by atoms with Gasteiger partial charge in [-0.15, -0.1) is 0 Å². The molecule has 2 atom stereocenters. The van der Waals surface area contributed by atoms with E-state index in [1.54, 1.807) is 0 Å². The van der Waals surface area contributed by atoms with Crippen LogP contribution in [-0.4, -0.2) is 17.7 Å². The first-order valence-electron chi connectivity index (χ1n) is 11.5. The summed E-state index contributed by atoms with van der Waals surface area (Å²) in [5, 5.41) is 8.97. The number of carbonyl (C=O) groups excluding carboxylic acids is 3. The first kappa shape index (κ1) is 23.0. The summed E-state index contributed by atoms with van der Waals surface area (Å²) in [5.41, 5.74) is 3.48. The van der Waals surface area contributed by atoms with Crippen molar-refractivity contribution in [2.24, 2.45) is 22.7 Å². The molecule has 6 nitrogen and oxygen atoms in total. The summed E-state index contributed by atoms with van der Waals surface area (Å²) in [5.74, 6) is 0.0991. The molecule has 3 amide bonds. The van der Waals surface area contributed by atoms with Gasteiger partial charge >= 0.3 is 0 Å². The van der Waals surface area contributed by atoms with E-state index in [1.165, 1.54) is 6.92 Å². The zero-order valence-electron chi connectivity index (χ0n) is 20.0. The average Bonchev–Trinajstić information content (AvgIpc) is 3.60. The molecular formula is C27H33N3O3. The molecule has 3 N–H and O–H groups in total. The van der Waals surface area contributed by atoms with E-state index in [1.807, 2.05) is 48.5 Å². The normalized spacial score (nSPS) is 22.6. The smallest absolute Gasteiger partial charge is 0.228 e. The van der Waals surface area contributed by atoms with Crippen molar-refractivity contribution in [3.8, 4) is 0 Å². The van der Waals surface area contributed by atoms with Gasteiger partial charge in [0.25, 0.3) is 0 Å². The third-order valence-corrected chi connectivity index (χ3v) is 7.03. The molecule has 2 unspecified atom stereocenters. The third kappa shape index (κ3) is 5.27. The van der Waals surface area contributed by atoms with Crippen LogP contribution in [0.4, 0.5) is 11.4 Å². The molecule has 0 aliphatic heterocycles. The standard InChI is InChI=1S/C27H33N3O3/c1-16(31)28-23(17-6-10-19(11-7-17)29-24(32)21-14-26(21,2)3)18-8-12-20(13-9-18)30-25(33)22-15-27(22,4)5/h6-13,21-23H,14-15H2,1-5H3,(H,28,31)(H,29,32)(H,30,33). The average molecular weight is 448 g/mol. The number of anilines is 2. The lowest BCUT2D eigenvalue weighted by Crippen LogP contribution is -2.27. The first-order valence-corrected chi connectivity index (χ1v) is 11.5. The molecule has 0 saturated heterocycles. The van der Waals surface area contributed by atoms with E-state index in [9.17, 15) is 14.4 Å². The van der Waals surface area contributed by atoms with Crippen LogP contribution in [0.2, 0.25) is 0 Å². The molecule has 0 aromatic heterocycles. The van der Waals surface area contributed by atoms with Crippen molar-refractivity contribution in [2.45, 2.75) is 53.5 Å². The number of amides is 3. The molecule has 0 bridgehead atoms. The van der Waals surface area contributed by atoms with E-state index in [-0.39, 0.29) is 46.4 Å². The van der Waals surface area contributed by atoms with Gasteiger partial charge in [0.05, 0.1) is 6.04 Å². The first-order chi connectivity index (χ1) is 15.5. The fraction of sp³-hybridized carbons (Fsp3) is 0.444. The second-order valence-corrected chi connectivity index (χ2v) is 10.8. The van der Waals surface area contributed by atoms with Crippen LogP contribution in [0.15, 0.2) is 48.5 Å². The molecule has 0 heterocycles. The van der Waals surface area contributed by atoms with Crippen molar-refractivity contribution in [2.75, 3.05) is 10.6 Å². The number of carbonyl (C=O) groups is 3. The van der Waals surface area contributed by atoms with Gasteiger partial charge in [-0.05, 0) is 59.1 Å². The molecule has 6 heteroatoms. The van der Waals surface area contributed by atoms with Crippen molar-refractivity contribution >= 4 is 29.1 Å². The maximum Gasteiger partial charge on any atom is 0.228 e. The van der Waals surface area contributed by atoms with Crippen LogP contribution < -0.4 is 16.0 Å². The fourth-order valence-corrected chi connectivity index (χ4v) is 4.37. The molecule has 4 rings (SSSR count). The zero-order valence-corrected chi connectivity index (χ0v) is 20.0. The largest absolute Gasteiger partial charge is 0.345 e. The molecule has 174 valence electrons. The minimum Gasteiger partial charge on any atom is -0.345 e. The molecule has 2 aromatic rings. The molecule has 2 aromatic carbocycles. The van der Waals surface area contributed by atoms with Crippen LogP contribution in [0, 0.1) is 22.7 Å². The number of nitrogens with one attached hydrogen (secondary N) is 3. The zero-order chi connectivity index (χ0) is 24.0. The van der Waals surface area contributed by atoms with Gasteiger partial charge in [-0.3, -0.25) is 14.4 Å². The summed E-state index contributed by atoms with van der Waals surface area (Å²) >= 11 is 0. The van der Waals surface area contributed by atoms with Crippen molar-refractivity contribution in [1.29, 1.82) is 0 Å². The summed E-state index contributed by atoms with van der Waals surface area (Å²) in [6.07, 6.45) is 1.83. The molecule has 0 radical (unpaired) electrons. The van der Waals surface area contributed by atoms with Crippen LogP contribution in [0.25, 0.3) is 0 Å². The van der Waals surface area contributed by atoms with Crippen molar-refractivity contribution in [1.82, 2.24) is 5.32 Å². The van der Waals surface area contributed by atoms with Crippen LogP contribution >= 0.6 is 0 Å². The van der Waals surface area contributed by atoms with Crippen LogP contribution in [0.5, 0.6) is 0 Å². The lowest BCUT2D eigenvalue weighted by atomic mass is 9.98. The van der Waals surface area contributed by atoms with E-state index >= 15 is 0 Å². The van der Waals surface area contributed by atoms with E-state index in [4.69, 9.17) is 0 Å². The third-order valence-electron chi connectivity index (χ3n) is 7.03. The molecule has 0 spiro atoms. The van der Waals surface area contributed by atoms with Gasteiger partial charge in [0.15, 0.2) is 0 Å². The van der Waals surface area contributed by atoms with Crippen LogP contribution in [0.1, 0.15) is 64.6 Å². The van der Waals surface area contributed by atoms with Gasteiger partial charge in [-0.25, -0.2) is 0 Å². The van der Waals surface area contributed by atoms with Gasteiger partial charge < -0.3 is 16.0 Å². The van der Waals surface area contributed by atoms with Crippen molar-refractivity contribution in [3.63, 3.8) is 0 Å². The van der Waals surface area contributed by atoms with Gasteiger partial charge in [0.1, 0.15) is 0 Å². The highest BCUT2D eigenvalue weighted by molar-refractivity contribution is 5.95. The Hall–Kier alpha value is -3.15. The molecule has 2 saturated carbocycles. The number of hydrogen-bond acceptors (Lipinski definition) is 3.